The standard InChI is InChI=1S/C10H20NO4P/c1-5-14-16(13,15-6-2)9-7-8-10(3,4)11(9)12/h5-8H2,1-4H3. The minimum atomic E-state index is -3.37. The van der Waals surface area contributed by atoms with Crippen molar-refractivity contribution < 1.29 is 18.4 Å². The number of nitrogens with zero attached hydrogens (tertiary/aromatic N) is 1. The Kier molecular flexibility index (Phi) is 4.16. The van der Waals surface area contributed by atoms with Crippen molar-refractivity contribution in [2.45, 2.75) is 46.1 Å². The first-order chi connectivity index (χ1) is 7.37. The summed E-state index contributed by atoms with van der Waals surface area (Å²) in [5.41, 5.74) is -0.250. The summed E-state index contributed by atoms with van der Waals surface area (Å²) in [7, 11) is -3.37. The second-order valence-corrected chi connectivity index (χ2v) is 6.38. The topological polar surface area (TPSA) is 61.6 Å². The van der Waals surface area contributed by atoms with Crippen LogP contribution in [-0.4, -0.2) is 28.9 Å². The maximum Gasteiger partial charge on any atom is 0.420 e. The molecule has 6 heteroatoms. The molecule has 0 aromatic carbocycles. The van der Waals surface area contributed by atoms with Crippen molar-refractivity contribution in [1.29, 1.82) is 0 Å². The average Bonchev–Trinajstić information content (AvgIpc) is 2.43. The van der Waals surface area contributed by atoms with Gasteiger partial charge in [0.05, 0.1) is 13.2 Å². The summed E-state index contributed by atoms with van der Waals surface area (Å²) in [4.78, 5) is 0. The van der Waals surface area contributed by atoms with Crippen LogP contribution in [0.5, 0.6) is 0 Å². The second kappa shape index (κ2) is 4.86. The normalized spacial score (nSPS) is 20.5. The Balaban J connectivity index is 3.06. The predicted octanol–water partition coefficient (Wildman–Crippen LogP) is 2.73. The number of hydroxylamine groups is 1. The monoisotopic (exact) mass is 249 g/mol. The van der Waals surface area contributed by atoms with Gasteiger partial charge in [-0.15, -0.1) is 0 Å². The van der Waals surface area contributed by atoms with Crippen molar-refractivity contribution in [3.63, 3.8) is 0 Å². The lowest BCUT2D eigenvalue weighted by atomic mass is 10.0. The Bertz CT molecular complexity index is 328. The molecule has 0 bridgehead atoms. The third kappa shape index (κ3) is 2.47. The van der Waals surface area contributed by atoms with Gasteiger partial charge in [0, 0.05) is 26.7 Å². The van der Waals surface area contributed by atoms with Crippen LogP contribution in [0.25, 0.3) is 0 Å². The Labute approximate surface area is 96.6 Å². The van der Waals surface area contributed by atoms with Crippen molar-refractivity contribution in [3.05, 3.63) is 5.21 Å². The number of rotatable bonds is 5. The van der Waals surface area contributed by atoms with Crippen LogP contribution in [0.1, 0.15) is 40.5 Å². The van der Waals surface area contributed by atoms with E-state index in [2.05, 4.69) is 0 Å². The first kappa shape index (κ1) is 13.7. The van der Waals surface area contributed by atoms with E-state index in [0.717, 1.165) is 4.74 Å². The summed E-state index contributed by atoms with van der Waals surface area (Å²) in [6.45, 7) is 7.68. The molecule has 5 nitrogen and oxygen atoms in total. The zero-order valence-electron chi connectivity index (χ0n) is 10.4. The van der Waals surface area contributed by atoms with Crippen molar-refractivity contribution in [2.75, 3.05) is 13.2 Å². The van der Waals surface area contributed by atoms with Crippen LogP contribution in [-0.2, 0) is 13.6 Å². The SMILES string of the molecule is CCOP(=O)(OCC)C1=[N+]([O-])C(C)(C)CC1. The molecule has 0 atom stereocenters. The molecule has 1 rings (SSSR count). The van der Waals surface area contributed by atoms with Gasteiger partial charge >= 0.3 is 7.60 Å². The van der Waals surface area contributed by atoms with E-state index in [4.69, 9.17) is 9.05 Å². The molecule has 0 amide bonds. The maximum absolute atomic E-state index is 12.4. The molecular formula is C10H20NO4P. The quantitative estimate of drug-likeness (QED) is 0.427. The zero-order chi connectivity index (χ0) is 12.4. The van der Waals surface area contributed by atoms with Gasteiger partial charge in [-0.05, 0) is 13.8 Å². The lowest BCUT2D eigenvalue weighted by Gasteiger charge is -2.20. The van der Waals surface area contributed by atoms with Crippen molar-refractivity contribution in [3.8, 4) is 0 Å². The van der Waals surface area contributed by atoms with Crippen LogP contribution in [0.2, 0.25) is 0 Å². The highest BCUT2D eigenvalue weighted by atomic mass is 31.2. The van der Waals surface area contributed by atoms with Gasteiger partial charge in [0.25, 0.3) is 5.45 Å². The Morgan fingerprint density at radius 1 is 1.38 bits per heavy atom. The zero-order valence-corrected chi connectivity index (χ0v) is 11.3. The summed E-state index contributed by atoms with van der Waals surface area (Å²) < 4.78 is 23.5. The van der Waals surface area contributed by atoms with Crippen LogP contribution >= 0.6 is 7.60 Å². The van der Waals surface area contributed by atoms with Crippen LogP contribution < -0.4 is 0 Å². The fourth-order valence-corrected chi connectivity index (χ4v) is 3.68. The highest BCUT2D eigenvalue weighted by Gasteiger charge is 2.47. The Hall–Kier alpha value is -0.380. The molecule has 16 heavy (non-hydrogen) atoms. The minimum Gasteiger partial charge on any atom is -0.623 e. The van der Waals surface area contributed by atoms with Crippen LogP contribution in [0.15, 0.2) is 0 Å². The molecule has 0 aliphatic carbocycles. The van der Waals surface area contributed by atoms with E-state index in [9.17, 15) is 9.77 Å². The maximum atomic E-state index is 12.4. The molecule has 0 N–H and O–H groups in total. The minimum absolute atomic E-state index is 0.265. The smallest absolute Gasteiger partial charge is 0.420 e. The van der Waals surface area contributed by atoms with Crippen molar-refractivity contribution in [2.24, 2.45) is 0 Å². The molecule has 0 radical (unpaired) electrons. The summed E-state index contributed by atoms with van der Waals surface area (Å²) in [5.74, 6) is 0. The molecule has 0 saturated heterocycles. The van der Waals surface area contributed by atoms with E-state index in [1.165, 1.54) is 0 Å². The molecule has 0 aromatic heterocycles. The molecule has 1 aliphatic heterocycles. The second-order valence-electron chi connectivity index (χ2n) is 4.36. The van der Waals surface area contributed by atoms with Crippen LogP contribution in [0.4, 0.5) is 0 Å². The summed E-state index contributed by atoms with van der Waals surface area (Å²) in [6.07, 6.45) is 1.16. The fraction of sp³-hybridized carbons (Fsp3) is 0.900. The van der Waals surface area contributed by atoms with E-state index in [0.29, 0.717) is 12.8 Å². The number of hydrogen-bond donors (Lipinski definition) is 0. The van der Waals surface area contributed by atoms with E-state index >= 15 is 0 Å². The molecule has 0 spiro atoms. The molecule has 1 heterocycles. The Morgan fingerprint density at radius 2 is 1.88 bits per heavy atom. The van der Waals surface area contributed by atoms with Crippen molar-refractivity contribution >= 4 is 13.0 Å². The van der Waals surface area contributed by atoms with Crippen molar-refractivity contribution in [1.82, 2.24) is 0 Å². The van der Waals surface area contributed by atoms with E-state index in [1.807, 2.05) is 13.8 Å². The lowest BCUT2D eigenvalue weighted by Crippen LogP contribution is -2.29. The van der Waals surface area contributed by atoms with Gasteiger partial charge in [-0.2, -0.15) is 4.74 Å². The van der Waals surface area contributed by atoms with E-state index in [1.54, 1.807) is 13.8 Å². The Morgan fingerprint density at radius 3 is 2.19 bits per heavy atom. The third-order valence-corrected chi connectivity index (χ3v) is 4.89. The summed E-state index contributed by atoms with van der Waals surface area (Å²) >= 11 is 0. The molecule has 0 unspecified atom stereocenters. The van der Waals surface area contributed by atoms with Gasteiger partial charge in [-0.25, -0.2) is 4.57 Å². The van der Waals surface area contributed by atoms with Gasteiger partial charge < -0.3 is 14.3 Å². The summed E-state index contributed by atoms with van der Waals surface area (Å²) in [6, 6.07) is 0. The van der Waals surface area contributed by atoms with Gasteiger partial charge in [-0.3, -0.25) is 0 Å². The van der Waals surface area contributed by atoms with Gasteiger partial charge in [0.2, 0.25) is 0 Å². The predicted molar refractivity (Wildman–Crippen MR) is 62.8 cm³/mol. The van der Waals surface area contributed by atoms with Crippen LogP contribution in [0, 0.1) is 5.21 Å². The fourth-order valence-electron chi connectivity index (χ4n) is 1.74. The third-order valence-electron chi connectivity index (χ3n) is 2.66. The lowest BCUT2D eigenvalue weighted by molar-refractivity contribution is -0.529. The molecule has 0 aromatic rings. The van der Waals surface area contributed by atoms with E-state index in [-0.39, 0.29) is 18.7 Å². The van der Waals surface area contributed by atoms with Crippen LogP contribution in [0.3, 0.4) is 0 Å². The largest absolute Gasteiger partial charge is 0.623 e. The van der Waals surface area contributed by atoms with E-state index < -0.39 is 13.1 Å². The highest BCUT2D eigenvalue weighted by molar-refractivity contribution is 7.71. The highest BCUT2D eigenvalue weighted by Crippen LogP contribution is 2.53. The molecule has 94 valence electrons. The average molecular weight is 249 g/mol. The molecular weight excluding hydrogens is 229 g/mol. The first-order valence-electron chi connectivity index (χ1n) is 5.60. The molecule has 0 fully saturated rings. The number of hydrogen-bond acceptors (Lipinski definition) is 4. The molecule has 1 aliphatic rings. The van der Waals surface area contributed by atoms with Gasteiger partial charge in [0.1, 0.15) is 0 Å². The first-order valence-corrected chi connectivity index (χ1v) is 7.14. The van der Waals surface area contributed by atoms with Gasteiger partial charge in [0.15, 0.2) is 5.54 Å². The summed E-state index contributed by atoms with van der Waals surface area (Å²) in [5, 5.41) is 12.0. The molecule has 0 saturated carbocycles. The van der Waals surface area contributed by atoms with Gasteiger partial charge in [-0.1, -0.05) is 0 Å².